The Morgan fingerprint density at radius 1 is 1.33 bits per heavy atom. The molecule has 0 saturated carbocycles. The zero-order chi connectivity index (χ0) is 9.83. The number of rotatable bonds is 5. The first-order chi connectivity index (χ1) is 5.27. The summed E-state index contributed by atoms with van der Waals surface area (Å²) in [4.78, 5) is 0. The van der Waals surface area contributed by atoms with Crippen LogP contribution in [0.1, 0.15) is 34.1 Å². The molecule has 72 valence electrons. The lowest BCUT2D eigenvalue weighted by molar-refractivity contribution is -0.0208. The molecule has 0 aromatic heterocycles. The maximum atomic E-state index is 9.38. The molecule has 0 atom stereocenters. The molecule has 0 amide bonds. The van der Waals surface area contributed by atoms with Crippen LogP contribution in [0, 0.1) is 0 Å². The van der Waals surface area contributed by atoms with Crippen molar-refractivity contribution in [1.29, 1.82) is 0 Å². The van der Waals surface area contributed by atoms with Crippen molar-refractivity contribution < 1.29 is 9.84 Å². The summed E-state index contributed by atoms with van der Waals surface area (Å²) in [6.45, 7) is 11.7. The molecule has 0 heterocycles. The molecular weight excluding hydrogens is 152 g/mol. The number of hydrogen-bond donors (Lipinski definition) is 1. The predicted octanol–water partition coefficient (Wildman–Crippen LogP) is 2.13. The molecule has 0 bridgehead atoms. The van der Waals surface area contributed by atoms with E-state index in [0.29, 0.717) is 13.0 Å². The van der Waals surface area contributed by atoms with Crippen molar-refractivity contribution in [2.45, 2.75) is 45.3 Å². The van der Waals surface area contributed by atoms with Crippen LogP contribution in [0.3, 0.4) is 0 Å². The van der Waals surface area contributed by atoms with Crippen LogP contribution in [-0.4, -0.2) is 22.9 Å². The highest BCUT2D eigenvalue weighted by Gasteiger charge is 2.16. The van der Waals surface area contributed by atoms with Crippen LogP contribution in [0.25, 0.3) is 0 Å². The van der Waals surface area contributed by atoms with Gasteiger partial charge in [0.15, 0.2) is 0 Å². The normalized spacial score (nSPS) is 13.1. The molecule has 0 radical (unpaired) electrons. The van der Waals surface area contributed by atoms with Gasteiger partial charge in [-0.1, -0.05) is 6.08 Å². The quantitative estimate of drug-likeness (QED) is 0.644. The molecule has 0 aliphatic carbocycles. The third kappa shape index (κ3) is 6.38. The van der Waals surface area contributed by atoms with Crippen molar-refractivity contribution in [2.24, 2.45) is 0 Å². The summed E-state index contributed by atoms with van der Waals surface area (Å²) in [5.74, 6) is 0. The van der Waals surface area contributed by atoms with Gasteiger partial charge in [-0.3, -0.25) is 0 Å². The smallest absolute Gasteiger partial charge is 0.0803 e. The third-order valence-corrected chi connectivity index (χ3v) is 1.68. The molecule has 12 heavy (non-hydrogen) atoms. The lowest BCUT2D eigenvalue weighted by atomic mass is 10.1. The van der Waals surface area contributed by atoms with Crippen molar-refractivity contribution >= 4 is 0 Å². The highest BCUT2D eigenvalue weighted by Crippen LogP contribution is 2.13. The van der Waals surface area contributed by atoms with Gasteiger partial charge in [0.05, 0.1) is 17.8 Å². The minimum absolute atomic E-state index is 0.286. The fourth-order valence-corrected chi connectivity index (χ4v) is 0.623. The topological polar surface area (TPSA) is 29.5 Å². The molecule has 0 rings (SSSR count). The van der Waals surface area contributed by atoms with Crippen LogP contribution in [0.4, 0.5) is 0 Å². The van der Waals surface area contributed by atoms with Gasteiger partial charge in [0, 0.05) is 0 Å². The van der Waals surface area contributed by atoms with Crippen molar-refractivity contribution in [3.63, 3.8) is 0 Å². The van der Waals surface area contributed by atoms with E-state index in [9.17, 15) is 5.11 Å². The zero-order valence-corrected chi connectivity index (χ0v) is 8.55. The first-order valence-corrected chi connectivity index (χ1v) is 4.27. The summed E-state index contributed by atoms with van der Waals surface area (Å²) >= 11 is 0. The molecular formula is C10H20O2. The van der Waals surface area contributed by atoms with E-state index in [1.807, 2.05) is 13.8 Å². The van der Waals surface area contributed by atoms with Gasteiger partial charge < -0.3 is 9.84 Å². The number of ether oxygens (including phenoxy) is 1. The molecule has 2 nitrogen and oxygen atoms in total. The number of aliphatic hydroxyl groups is 1. The van der Waals surface area contributed by atoms with Crippen molar-refractivity contribution in [2.75, 3.05) is 6.61 Å². The Morgan fingerprint density at radius 2 is 1.83 bits per heavy atom. The van der Waals surface area contributed by atoms with Crippen LogP contribution in [0.5, 0.6) is 0 Å². The van der Waals surface area contributed by atoms with E-state index in [1.54, 1.807) is 19.9 Å². The Bertz CT molecular complexity index is 142. The summed E-state index contributed by atoms with van der Waals surface area (Å²) in [6, 6.07) is 0. The molecule has 0 unspecified atom stereocenters. The molecule has 0 saturated heterocycles. The van der Waals surface area contributed by atoms with Crippen LogP contribution in [-0.2, 0) is 4.74 Å². The van der Waals surface area contributed by atoms with E-state index in [-0.39, 0.29) is 5.60 Å². The van der Waals surface area contributed by atoms with Crippen LogP contribution in [0.2, 0.25) is 0 Å². The summed E-state index contributed by atoms with van der Waals surface area (Å²) in [7, 11) is 0. The van der Waals surface area contributed by atoms with Gasteiger partial charge in [-0.15, -0.1) is 6.58 Å². The monoisotopic (exact) mass is 172 g/mol. The second-order valence-corrected chi connectivity index (χ2v) is 4.22. The van der Waals surface area contributed by atoms with Crippen LogP contribution < -0.4 is 0 Å². The van der Waals surface area contributed by atoms with Crippen LogP contribution >= 0.6 is 0 Å². The number of hydrogen-bond acceptors (Lipinski definition) is 2. The van der Waals surface area contributed by atoms with E-state index in [4.69, 9.17) is 4.74 Å². The molecule has 0 fully saturated rings. The zero-order valence-electron chi connectivity index (χ0n) is 8.55. The van der Waals surface area contributed by atoms with Crippen molar-refractivity contribution in [3.05, 3.63) is 12.7 Å². The molecule has 0 aromatic rings. The van der Waals surface area contributed by atoms with Gasteiger partial charge in [0.2, 0.25) is 0 Å². The summed E-state index contributed by atoms with van der Waals surface area (Å²) in [6.07, 6.45) is 2.40. The van der Waals surface area contributed by atoms with E-state index < -0.39 is 5.60 Å². The highest BCUT2D eigenvalue weighted by molar-refractivity contribution is 4.89. The molecule has 0 aliphatic rings. The maximum Gasteiger partial charge on any atom is 0.0803 e. The molecule has 2 heteroatoms. The van der Waals surface area contributed by atoms with Gasteiger partial charge in [-0.2, -0.15) is 0 Å². The van der Waals surface area contributed by atoms with Gasteiger partial charge in [0.25, 0.3) is 0 Å². The van der Waals surface area contributed by atoms with E-state index in [0.717, 1.165) is 0 Å². The first-order valence-electron chi connectivity index (χ1n) is 4.27. The highest BCUT2D eigenvalue weighted by atomic mass is 16.5. The lowest BCUT2D eigenvalue weighted by Gasteiger charge is -2.23. The van der Waals surface area contributed by atoms with Gasteiger partial charge in [-0.25, -0.2) is 0 Å². The van der Waals surface area contributed by atoms with Crippen molar-refractivity contribution in [1.82, 2.24) is 0 Å². The maximum absolute atomic E-state index is 9.38. The largest absolute Gasteiger partial charge is 0.390 e. The second-order valence-electron chi connectivity index (χ2n) is 4.22. The lowest BCUT2D eigenvalue weighted by Crippen LogP contribution is -2.26. The Labute approximate surface area is 75.2 Å². The standard InChI is InChI=1S/C10H20O2/c1-6-10(4,5)12-8-7-9(2,3)11/h6,11H,1,7-8H2,2-5H3. The Kier molecular flexibility index (Phi) is 3.94. The van der Waals surface area contributed by atoms with E-state index >= 15 is 0 Å². The minimum Gasteiger partial charge on any atom is -0.390 e. The van der Waals surface area contributed by atoms with E-state index in [1.165, 1.54) is 0 Å². The summed E-state index contributed by atoms with van der Waals surface area (Å²) in [5.41, 5.74) is -0.928. The molecule has 0 aliphatic heterocycles. The minimum atomic E-state index is -0.642. The summed E-state index contributed by atoms with van der Waals surface area (Å²) < 4.78 is 5.48. The van der Waals surface area contributed by atoms with Gasteiger partial charge in [0.1, 0.15) is 0 Å². The average molecular weight is 172 g/mol. The van der Waals surface area contributed by atoms with Gasteiger partial charge >= 0.3 is 0 Å². The Balaban J connectivity index is 3.64. The molecule has 1 N–H and O–H groups in total. The van der Waals surface area contributed by atoms with Gasteiger partial charge in [-0.05, 0) is 34.1 Å². The Hall–Kier alpha value is -0.340. The summed E-state index contributed by atoms with van der Waals surface area (Å²) in [5, 5.41) is 9.38. The van der Waals surface area contributed by atoms with E-state index in [2.05, 4.69) is 6.58 Å². The average Bonchev–Trinajstić information content (AvgIpc) is 1.84. The third-order valence-electron chi connectivity index (χ3n) is 1.68. The van der Waals surface area contributed by atoms with Crippen LogP contribution in [0.15, 0.2) is 12.7 Å². The SMILES string of the molecule is C=CC(C)(C)OCCC(C)(C)O. The predicted molar refractivity (Wildman–Crippen MR) is 51.1 cm³/mol. The Morgan fingerprint density at radius 3 is 2.17 bits per heavy atom. The first kappa shape index (κ1) is 11.7. The fraction of sp³-hybridized carbons (Fsp3) is 0.800. The van der Waals surface area contributed by atoms with Crippen molar-refractivity contribution in [3.8, 4) is 0 Å². The fourth-order valence-electron chi connectivity index (χ4n) is 0.623. The second kappa shape index (κ2) is 4.06. The molecule has 0 spiro atoms. The molecule has 0 aromatic carbocycles.